The second-order valence-corrected chi connectivity index (χ2v) is 7.50. The zero-order valence-electron chi connectivity index (χ0n) is 12.1. The molecular formula is C13H21ClN2O4S. The molecule has 1 aromatic heterocycles. The fourth-order valence-electron chi connectivity index (χ4n) is 2.34. The van der Waals surface area contributed by atoms with E-state index >= 15 is 0 Å². The first-order chi connectivity index (χ1) is 10.0. The fraction of sp³-hybridized carbons (Fsp3) is 0.692. The lowest BCUT2D eigenvalue weighted by Gasteiger charge is -2.33. The van der Waals surface area contributed by atoms with Crippen molar-refractivity contribution in [3.05, 3.63) is 23.1 Å². The lowest BCUT2D eigenvalue weighted by molar-refractivity contribution is 0.170. The number of piperazine rings is 1. The van der Waals surface area contributed by atoms with Crippen molar-refractivity contribution in [1.82, 2.24) is 9.21 Å². The predicted molar refractivity (Wildman–Crippen MR) is 80.8 cm³/mol. The highest BCUT2D eigenvalue weighted by Gasteiger charge is 2.26. The van der Waals surface area contributed by atoms with Crippen molar-refractivity contribution < 1.29 is 17.6 Å². The summed E-state index contributed by atoms with van der Waals surface area (Å²) in [4.78, 5) is 2.16. The van der Waals surface area contributed by atoms with Crippen LogP contribution in [-0.2, 0) is 21.3 Å². The quantitative estimate of drug-likeness (QED) is 0.705. The first-order valence-corrected chi connectivity index (χ1v) is 8.93. The van der Waals surface area contributed by atoms with Crippen molar-refractivity contribution in [2.24, 2.45) is 0 Å². The van der Waals surface area contributed by atoms with E-state index in [1.54, 1.807) is 17.5 Å². The van der Waals surface area contributed by atoms with Crippen LogP contribution in [0, 0.1) is 0 Å². The summed E-state index contributed by atoms with van der Waals surface area (Å²) < 4.78 is 36.1. The van der Waals surface area contributed by atoms with Gasteiger partial charge in [0.25, 0.3) is 0 Å². The van der Waals surface area contributed by atoms with Crippen LogP contribution >= 0.6 is 11.6 Å². The van der Waals surface area contributed by atoms with Gasteiger partial charge in [0.05, 0.1) is 12.3 Å². The maximum atomic E-state index is 12.1. The van der Waals surface area contributed by atoms with Gasteiger partial charge in [0.1, 0.15) is 5.76 Å². The van der Waals surface area contributed by atoms with Crippen molar-refractivity contribution in [1.29, 1.82) is 0 Å². The van der Waals surface area contributed by atoms with Crippen LogP contribution in [0.3, 0.4) is 0 Å². The third-order valence-electron chi connectivity index (χ3n) is 3.48. The molecule has 8 heteroatoms. The van der Waals surface area contributed by atoms with Crippen molar-refractivity contribution in [3.8, 4) is 0 Å². The Kier molecular flexibility index (Phi) is 6.07. The number of nitrogens with zero attached hydrogens (tertiary/aromatic N) is 2. The average Bonchev–Trinajstić information content (AvgIpc) is 2.85. The average molecular weight is 337 g/mol. The largest absolute Gasteiger partial charge is 0.448 e. The second kappa shape index (κ2) is 7.60. The van der Waals surface area contributed by atoms with Gasteiger partial charge >= 0.3 is 0 Å². The first-order valence-electron chi connectivity index (χ1n) is 6.94. The summed E-state index contributed by atoms with van der Waals surface area (Å²) in [7, 11) is -1.59. The van der Waals surface area contributed by atoms with E-state index in [0.717, 1.165) is 5.76 Å². The van der Waals surface area contributed by atoms with Gasteiger partial charge in [-0.15, -0.1) is 0 Å². The Labute approximate surface area is 130 Å². The van der Waals surface area contributed by atoms with Gasteiger partial charge < -0.3 is 9.15 Å². The lowest BCUT2D eigenvalue weighted by atomic mass is 10.3. The van der Waals surface area contributed by atoms with Crippen LogP contribution in [0.1, 0.15) is 12.2 Å². The Morgan fingerprint density at radius 2 is 2.00 bits per heavy atom. The molecule has 0 spiro atoms. The molecule has 0 radical (unpaired) electrons. The summed E-state index contributed by atoms with van der Waals surface area (Å²) in [6.07, 6.45) is 0.532. The number of hydrogen-bond donors (Lipinski definition) is 0. The van der Waals surface area contributed by atoms with Crippen LogP contribution in [0.4, 0.5) is 0 Å². The van der Waals surface area contributed by atoms with Crippen LogP contribution in [-0.4, -0.2) is 63.3 Å². The Balaban J connectivity index is 1.79. The highest BCUT2D eigenvalue weighted by Crippen LogP contribution is 2.17. The van der Waals surface area contributed by atoms with Crippen molar-refractivity contribution in [2.75, 3.05) is 45.6 Å². The first kappa shape index (κ1) is 16.8. The summed E-state index contributed by atoms with van der Waals surface area (Å²) in [5, 5.41) is 0.379. The number of methoxy groups -OCH3 is 1. The third-order valence-corrected chi connectivity index (χ3v) is 5.64. The van der Waals surface area contributed by atoms with E-state index in [1.807, 2.05) is 6.07 Å². The maximum absolute atomic E-state index is 12.1. The minimum Gasteiger partial charge on any atom is -0.448 e. The number of furan rings is 1. The third kappa shape index (κ3) is 4.96. The van der Waals surface area contributed by atoms with Crippen molar-refractivity contribution >= 4 is 21.6 Å². The van der Waals surface area contributed by atoms with Gasteiger partial charge in [0.15, 0.2) is 5.22 Å². The lowest BCUT2D eigenvalue weighted by Crippen LogP contribution is -2.48. The van der Waals surface area contributed by atoms with E-state index in [0.29, 0.717) is 51.0 Å². The van der Waals surface area contributed by atoms with Gasteiger partial charge in [-0.25, -0.2) is 8.42 Å². The predicted octanol–water partition coefficient (Wildman–Crippen LogP) is 1.42. The van der Waals surface area contributed by atoms with E-state index in [4.69, 9.17) is 20.8 Å². The molecule has 1 aromatic rings. The monoisotopic (exact) mass is 336 g/mol. The molecule has 120 valence electrons. The molecule has 0 bridgehead atoms. The van der Waals surface area contributed by atoms with E-state index in [-0.39, 0.29) is 5.75 Å². The molecule has 1 aliphatic rings. The normalized spacial score (nSPS) is 18.2. The molecule has 0 amide bonds. The summed E-state index contributed by atoms with van der Waals surface area (Å²) in [5.41, 5.74) is 0. The molecule has 0 aromatic carbocycles. The Morgan fingerprint density at radius 3 is 2.57 bits per heavy atom. The highest BCUT2D eigenvalue weighted by molar-refractivity contribution is 7.89. The molecule has 2 rings (SSSR count). The molecule has 2 heterocycles. The molecule has 0 unspecified atom stereocenters. The van der Waals surface area contributed by atoms with Gasteiger partial charge in [-0.3, -0.25) is 4.90 Å². The Hall–Kier alpha value is -0.600. The molecule has 0 atom stereocenters. The SMILES string of the molecule is COCCCS(=O)(=O)N1CCN(Cc2ccc(Cl)o2)CC1. The van der Waals surface area contributed by atoms with Gasteiger partial charge in [0.2, 0.25) is 10.0 Å². The minimum absolute atomic E-state index is 0.147. The molecule has 6 nitrogen and oxygen atoms in total. The molecule has 0 N–H and O–H groups in total. The van der Waals surface area contributed by atoms with Crippen LogP contribution in [0.5, 0.6) is 0 Å². The topological polar surface area (TPSA) is 63.0 Å². The van der Waals surface area contributed by atoms with Crippen LogP contribution < -0.4 is 0 Å². The number of rotatable bonds is 7. The molecule has 21 heavy (non-hydrogen) atoms. The minimum atomic E-state index is -3.17. The van der Waals surface area contributed by atoms with Gasteiger partial charge in [-0.1, -0.05) is 0 Å². The van der Waals surface area contributed by atoms with Crippen LogP contribution in [0.2, 0.25) is 5.22 Å². The van der Waals surface area contributed by atoms with Crippen LogP contribution in [0.25, 0.3) is 0 Å². The fourth-order valence-corrected chi connectivity index (χ4v) is 3.96. The van der Waals surface area contributed by atoms with E-state index in [9.17, 15) is 8.42 Å². The summed E-state index contributed by atoms with van der Waals surface area (Å²) >= 11 is 5.74. The van der Waals surface area contributed by atoms with Crippen molar-refractivity contribution in [3.63, 3.8) is 0 Å². The molecule has 1 fully saturated rings. The molecular weight excluding hydrogens is 316 g/mol. The Bertz CT molecular complexity index is 538. The van der Waals surface area contributed by atoms with Gasteiger partial charge in [0, 0.05) is 39.9 Å². The number of ether oxygens (including phenoxy) is 1. The van der Waals surface area contributed by atoms with Crippen molar-refractivity contribution in [2.45, 2.75) is 13.0 Å². The highest BCUT2D eigenvalue weighted by atomic mass is 35.5. The molecule has 1 aliphatic heterocycles. The summed E-state index contributed by atoms with van der Waals surface area (Å²) in [6.45, 7) is 3.56. The number of sulfonamides is 1. The molecule has 0 saturated carbocycles. The van der Waals surface area contributed by atoms with Gasteiger partial charge in [-0.2, -0.15) is 4.31 Å². The van der Waals surface area contributed by atoms with E-state index < -0.39 is 10.0 Å². The molecule has 1 saturated heterocycles. The second-order valence-electron chi connectivity index (χ2n) is 5.04. The smallest absolute Gasteiger partial charge is 0.214 e. The van der Waals surface area contributed by atoms with E-state index in [2.05, 4.69) is 4.90 Å². The summed E-state index contributed by atoms with van der Waals surface area (Å²) in [5.74, 6) is 0.950. The zero-order valence-corrected chi connectivity index (χ0v) is 13.7. The number of hydrogen-bond acceptors (Lipinski definition) is 5. The van der Waals surface area contributed by atoms with E-state index in [1.165, 1.54) is 0 Å². The Morgan fingerprint density at radius 1 is 1.29 bits per heavy atom. The van der Waals surface area contributed by atoms with Crippen LogP contribution in [0.15, 0.2) is 16.5 Å². The molecule has 0 aliphatic carbocycles. The van der Waals surface area contributed by atoms with Gasteiger partial charge in [-0.05, 0) is 30.2 Å². The summed E-state index contributed by atoms with van der Waals surface area (Å²) in [6, 6.07) is 3.56. The standard InChI is InChI=1S/C13H21ClN2O4S/c1-19-9-2-10-21(17,18)16-7-5-15(6-8-16)11-12-3-4-13(14)20-12/h3-4H,2,5-11H2,1H3. The zero-order chi connectivity index (χ0) is 15.3. The number of halogens is 1. The maximum Gasteiger partial charge on any atom is 0.214 e.